The molecule has 0 saturated carbocycles. The SMILES string of the molecule is COc1nc(C(O)C(C)N)cs1. The molecular weight excluding hydrogens is 176 g/mol. The van der Waals surface area contributed by atoms with Gasteiger partial charge in [-0.05, 0) is 6.92 Å². The van der Waals surface area contributed by atoms with Gasteiger partial charge in [0.2, 0.25) is 0 Å². The van der Waals surface area contributed by atoms with Crippen molar-refractivity contribution in [1.29, 1.82) is 0 Å². The second-order valence-electron chi connectivity index (χ2n) is 2.55. The van der Waals surface area contributed by atoms with Gasteiger partial charge in [0.15, 0.2) is 0 Å². The zero-order valence-electron chi connectivity index (χ0n) is 7.02. The van der Waals surface area contributed by atoms with Crippen LogP contribution < -0.4 is 10.5 Å². The van der Waals surface area contributed by atoms with Crippen molar-refractivity contribution in [1.82, 2.24) is 4.98 Å². The van der Waals surface area contributed by atoms with E-state index in [1.54, 1.807) is 19.4 Å². The zero-order valence-corrected chi connectivity index (χ0v) is 7.84. The highest BCUT2D eigenvalue weighted by Gasteiger charge is 2.15. The standard InChI is InChI=1S/C7H12N2O2S/c1-4(8)6(10)5-3-12-7(9-5)11-2/h3-4,6,10H,8H2,1-2H3. The van der Waals surface area contributed by atoms with Gasteiger partial charge >= 0.3 is 0 Å². The molecule has 2 atom stereocenters. The van der Waals surface area contributed by atoms with E-state index < -0.39 is 6.10 Å². The number of aromatic nitrogens is 1. The molecule has 1 aromatic rings. The predicted octanol–water partition coefficient (Wildman–Crippen LogP) is 0.532. The lowest BCUT2D eigenvalue weighted by Gasteiger charge is -2.10. The predicted molar refractivity (Wildman–Crippen MR) is 47.3 cm³/mol. The Balaban J connectivity index is 2.74. The molecule has 0 amide bonds. The van der Waals surface area contributed by atoms with E-state index in [0.717, 1.165) is 0 Å². The Morgan fingerprint density at radius 2 is 2.42 bits per heavy atom. The van der Waals surface area contributed by atoms with Gasteiger partial charge < -0.3 is 15.6 Å². The van der Waals surface area contributed by atoms with E-state index in [9.17, 15) is 5.11 Å². The summed E-state index contributed by atoms with van der Waals surface area (Å²) in [4.78, 5) is 4.02. The lowest BCUT2D eigenvalue weighted by atomic mass is 10.1. The average Bonchev–Trinajstić information content (AvgIpc) is 2.50. The summed E-state index contributed by atoms with van der Waals surface area (Å²) in [6.45, 7) is 1.73. The van der Waals surface area contributed by atoms with Gasteiger partial charge in [-0.3, -0.25) is 0 Å². The molecule has 0 spiro atoms. The van der Waals surface area contributed by atoms with Crippen molar-refractivity contribution in [2.45, 2.75) is 19.1 Å². The van der Waals surface area contributed by atoms with Gasteiger partial charge in [0.25, 0.3) is 5.19 Å². The summed E-state index contributed by atoms with van der Waals surface area (Å²) in [6, 6.07) is -0.309. The first-order valence-electron chi connectivity index (χ1n) is 3.58. The number of ether oxygens (including phenoxy) is 1. The molecule has 0 aliphatic carbocycles. The lowest BCUT2D eigenvalue weighted by molar-refractivity contribution is 0.149. The first-order valence-corrected chi connectivity index (χ1v) is 4.46. The van der Waals surface area contributed by atoms with E-state index in [1.807, 2.05) is 0 Å². The third-order valence-corrected chi connectivity index (χ3v) is 2.30. The number of thiazole rings is 1. The molecule has 0 saturated heterocycles. The number of rotatable bonds is 3. The molecule has 5 heteroatoms. The number of hydrogen-bond acceptors (Lipinski definition) is 5. The van der Waals surface area contributed by atoms with Gasteiger partial charge in [-0.2, -0.15) is 0 Å². The average molecular weight is 188 g/mol. The van der Waals surface area contributed by atoms with Crippen LogP contribution in [0.25, 0.3) is 0 Å². The number of hydrogen-bond donors (Lipinski definition) is 2. The Morgan fingerprint density at radius 3 is 2.83 bits per heavy atom. The number of nitrogens with zero attached hydrogens (tertiary/aromatic N) is 1. The van der Waals surface area contributed by atoms with Crippen LogP contribution >= 0.6 is 11.3 Å². The molecule has 2 unspecified atom stereocenters. The van der Waals surface area contributed by atoms with Gasteiger partial charge in [0.05, 0.1) is 12.8 Å². The van der Waals surface area contributed by atoms with Crippen molar-refractivity contribution in [3.8, 4) is 5.19 Å². The van der Waals surface area contributed by atoms with Crippen LogP contribution in [0.3, 0.4) is 0 Å². The molecule has 0 aromatic carbocycles. The van der Waals surface area contributed by atoms with Crippen LogP contribution in [-0.4, -0.2) is 23.2 Å². The van der Waals surface area contributed by atoms with Crippen LogP contribution in [0, 0.1) is 0 Å². The molecule has 68 valence electrons. The van der Waals surface area contributed by atoms with Crippen LogP contribution in [0.4, 0.5) is 0 Å². The fraction of sp³-hybridized carbons (Fsp3) is 0.571. The van der Waals surface area contributed by atoms with Crippen molar-refractivity contribution in [3.63, 3.8) is 0 Å². The minimum Gasteiger partial charge on any atom is -0.473 e. The molecule has 0 bridgehead atoms. The Labute approximate surface area is 75.0 Å². The summed E-state index contributed by atoms with van der Waals surface area (Å²) in [5, 5.41) is 11.8. The second kappa shape index (κ2) is 3.84. The van der Waals surface area contributed by atoms with E-state index in [4.69, 9.17) is 10.5 Å². The van der Waals surface area contributed by atoms with Gasteiger partial charge in [0.1, 0.15) is 6.10 Å². The highest BCUT2D eigenvalue weighted by Crippen LogP contribution is 2.23. The minimum atomic E-state index is -0.704. The van der Waals surface area contributed by atoms with E-state index in [-0.39, 0.29) is 6.04 Å². The number of methoxy groups -OCH3 is 1. The summed E-state index contributed by atoms with van der Waals surface area (Å²) >= 11 is 1.35. The maximum Gasteiger partial charge on any atom is 0.273 e. The summed E-state index contributed by atoms with van der Waals surface area (Å²) in [7, 11) is 1.54. The molecule has 0 aliphatic rings. The van der Waals surface area contributed by atoms with E-state index >= 15 is 0 Å². The molecule has 1 heterocycles. The largest absolute Gasteiger partial charge is 0.473 e. The molecule has 1 rings (SSSR count). The quantitative estimate of drug-likeness (QED) is 0.726. The van der Waals surface area contributed by atoms with Crippen molar-refractivity contribution < 1.29 is 9.84 Å². The zero-order chi connectivity index (χ0) is 9.14. The van der Waals surface area contributed by atoms with E-state index in [0.29, 0.717) is 10.9 Å². The number of aliphatic hydroxyl groups is 1. The Bertz CT molecular complexity index is 249. The Morgan fingerprint density at radius 1 is 1.75 bits per heavy atom. The van der Waals surface area contributed by atoms with Crippen molar-refractivity contribution in [3.05, 3.63) is 11.1 Å². The van der Waals surface area contributed by atoms with Crippen LogP contribution in [0.2, 0.25) is 0 Å². The maximum absolute atomic E-state index is 9.47. The first-order chi connectivity index (χ1) is 5.65. The normalized spacial score (nSPS) is 15.7. The maximum atomic E-state index is 9.47. The van der Waals surface area contributed by atoms with Gasteiger partial charge in [-0.25, -0.2) is 4.98 Å². The summed E-state index contributed by atoms with van der Waals surface area (Å²) in [6.07, 6.45) is -0.704. The molecule has 4 nitrogen and oxygen atoms in total. The number of nitrogens with two attached hydrogens (primary N) is 1. The van der Waals surface area contributed by atoms with Crippen molar-refractivity contribution >= 4 is 11.3 Å². The van der Waals surface area contributed by atoms with Crippen LogP contribution in [-0.2, 0) is 0 Å². The van der Waals surface area contributed by atoms with Crippen LogP contribution in [0.5, 0.6) is 5.19 Å². The smallest absolute Gasteiger partial charge is 0.273 e. The summed E-state index contributed by atoms with van der Waals surface area (Å²) in [5.74, 6) is 0. The molecule has 3 N–H and O–H groups in total. The van der Waals surface area contributed by atoms with Gasteiger partial charge in [-0.15, -0.1) is 0 Å². The summed E-state index contributed by atoms with van der Waals surface area (Å²) < 4.78 is 4.88. The first kappa shape index (κ1) is 9.44. The highest BCUT2D eigenvalue weighted by molar-refractivity contribution is 7.11. The molecule has 0 radical (unpaired) electrons. The Kier molecular flexibility index (Phi) is 3.02. The highest BCUT2D eigenvalue weighted by atomic mass is 32.1. The third kappa shape index (κ3) is 1.94. The monoisotopic (exact) mass is 188 g/mol. The molecule has 0 fully saturated rings. The van der Waals surface area contributed by atoms with Crippen LogP contribution in [0.1, 0.15) is 18.7 Å². The molecule has 12 heavy (non-hydrogen) atoms. The number of aliphatic hydroxyl groups excluding tert-OH is 1. The minimum absolute atomic E-state index is 0.309. The third-order valence-electron chi connectivity index (χ3n) is 1.48. The van der Waals surface area contributed by atoms with E-state index in [1.165, 1.54) is 11.3 Å². The Hall–Kier alpha value is -0.650. The van der Waals surface area contributed by atoms with Crippen molar-refractivity contribution in [2.24, 2.45) is 5.73 Å². The van der Waals surface area contributed by atoms with Gasteiger partial charge in [0, 0.05) is 11.4 Å². The van der Waals surface area contributed by atoms with Gasteiger partial charge in [-0.1, -0.05) is 11.3 Å². The lowest BCUT2D eigenvalue weighted by Crippen LogP contribution is -2.24. The molecule has 0 aliphatic heterocycles. The van der Waals surface area contributed by atoms with E-state index in [2.05, 4.69) is 4.98 Å². The van der Waals surface area contributed by atoms with Crippen LogP contribution in [0.15, 0.2) is 5.38 Å². The topological polar surface area (TPSA) is 68.4 Å². The fourth-order valence-corrected chi connectivity index (χ4v) is 1.44. The second-order valence-corrected chi connectivity index (χ2v) is 3.37. The summed E-state index contributed by atoms with van der Waals surface area (Å²) in [5.41, 5.74) is 6.07. The molecule has 1 aromatic heterocycles. The van der Waals surface area contributed by atoms with Crippen molar-refractivity contribution in [2.75, 3.05) is 7.11 Å². The molecular formula is C7H12N2O2S. The fourth-order valence-electron chi connectivity index (χ4n) is 0.768.